The average Bonchev–Trinajstić information content (AvgIpc) is 3.84. The molecule has 3 aliphatic heterocycles. The molecule has 0 spiro atoms. The van der Waals surface area contributed by atoms with Crippen molar-refractivity contribution in [1.82, 2.24) is 47.1 Å². The molecule has 320 valence electrons. The zero-order valence-electron chi connectivity index (χ0n) is 33.6. The molecular formula is C39H54N10O9S. The Bertz CT molecular complexity index is 1970. The van der Waals surface area contributed by atoms with E-state index in [-0.39, 0.29) is 25.1 Å². The smallest absolute Gasteiger partial charge is 0.246 e. The number of para-hydroxylation sites is 1. The summed E-state index contributed by atoms with van der Waals surface area (Å²) in [7, 11) is 0. The third-order valence-electron chi connectivity index (χ3n) is 11.2. The van der Waals surface area contributed by atoms with Gasteiger partial charge in [0.15, 0.2) is 0 Å². The summed E-state index contributed by atoms with van der Waals surface area (Å²) >= 11 is 1.12. The highest BCUT2D eigenvalue weighted by Gasteiger charge is 2.41. The molecule has 1 aromatic carbocycles. The van der Waals surface area contributed by atoms with Gasteiger partial charge in [-0.25, -0.2) is 0 Å². The SMILES string of the molecule is CC[C@H](C)C1NC(=O)CNC(=O)[C@@H]2Cc3c([nH]c4ccccc34)SC[C@H](NC(=O)CNC1=O)C(=O)N[C@@H](CC(N)=O)C(=O)N1CCC[C@@H]1C(=O)N[C@@H]([C@@H](C)CC)C(=O)N2. The Morgan fingerprint density at radius 2 is 1.42 bits per heavy atom. The largest absolute Gasteiger partial charge is 0.370 e. The van der Waals surface area contributed by atoms with Crippen LogP contribution in [-0.4, -0.2) is 125 Å². The highest BCUT2D eigenvalue weighted by Crippen LogP contribution is 2.32. The lowest BCUT2D eigenvalue weighted by Crippen LogP contribution is -2.61. The third-order valence-corrected chi connectivity index (χ3v) is 12.3. The van der Waals surface area contributed by atoms with Crippen LogP contribution in [0.15, 0.2) is 29.3 Å². The number of fused-ring (bicyclic) bond motifs is 5. The lowest BCUT2D eigenvalue weighted by atomic mass is 9.96. The number of nitrogens with one attached hydrogen (secondary N) is 8. The normalized spacial score (nSPS) is 26.8. The number of hydrogen-bond donors (Lipinski definition) is 9. The van der Waals surface area contributed by atoms with Crippen LogP contribution < -0.4 is 43.0 Å². The number of primary amides is 1. The average molecular weight is 839 g/mol. The van der Waals surface area contributed by atoms with Crippen molar-refractivity contribution in [3.05, 3.63) is 29.8 Å². The van der Waals surface area contributed by atoms with Crippen LogP contribution in [0.1, 0.15) is 65.4 Å². The Morgan fingerprint density at radius 3 is 2.10 bits per heavy atom. The van der Waals surface area contributed by atoms with Gasteiger partial charge in [0.2, 0.25) is 53.2 Å². The lowest BCUT2D eigenvalue weighted by molar-refractivity contribution is -0.143. The van der Waals surface area contributed by atoms with Gasteiger partial charge in [-0.15, -0.1) is 11.8 Å². The monoisotopic (exact) mass is 838 g/mol. The van der Waals surface area contributed by atoms with E-state index in [4.69, 9.17) is 5.73 Å². The molecule has 1 fully saturated rings. The zero-order chi connectivity index (χ0) is 43.0. The fourth-order valence-corrected chi connectivity index (χ4v) is 8.51. The Morgan fingerprint density at radius 1 is 0.780 bits per heavy atom. The van der Waals surface area contributed by atoms with Gasteiger partial charge in [-0.3, -0.25) is 43.2 Å². The van der Waals surface area contributed by atoms with E-state index in [1.807, 2.05) is 19.9 Å². The van der Waals surface area contributed by atoms with E-state index >= 15 is 0 Å². The zero-order valence-corrected chi connectivity index (χ0v) is 34.4. The van der Waals surface area contributed by atoms with E-state index in [2.05, 4.69) is 42.2 Å². The summed E-state index contributed by atoms with van der Waals surface area (Å²) in [6.07, 6.45) is 0.811. The summed E-state index contributed by atoms with van der Waals surface area (Å²) < 4.78 is 0. The quantitative estimate of drug-likeness (QED) is 0.161. The van der Waals surface area contributed by atoms with Crippen LogP contribution in [0.3, 0.4) is 0 Å². The van der Waals surface area contributed by atoms with Crippen molar-refractivity contribution in [3.63, 3.8) is 0 Å². The molecule has 0 radical (unpaired) electrons. The Labute approximate surface area is 345 Å². The van der Waals surface area contributed by atoms with E-state index in [9.17, 15) is 43.2 Å². The van der Waals surface area contributed by atoms with E-state index in [1.54, 1.807) is 32.0 Å². The van der Waals surface area contributed by atoms with Crippen molar-refractivity contribution in [2.75, 3.05) is 25.4 Å². The van der Waals surface area contributed by atoms with E-state index in [0.717, 1.165) is 11.8 Å². The van der Waals surface area contributed by atoms with Crippen molar-refractivity contribution in [2.24, 2.45) is 17.6 Å². The molecule has 9 amide bonds. The van der Waals surface area contributed by atoms with Gasteiger partial charge < -0.3 is 52.8 Å². The molecule has 8 atom stereocenters. The molecule has 1 aromatic heterocycles. The number of benzene rings is 1. The Hall–Kier alpha value is -5.66. The first-order chi connectivity index (χ1) is 28.1. The Balaban J connectivity index is 1.66. The number of aromatic amines is 1. The second kappa shape index (κ2) is 19.9. The first-order valence-electron chi connectivity index (χ1n) is 20.0. The van der Waals surface area contributed by atoms with Crippen LogP contribution in [-0.2, 0) is 49.6 Å². The van der Waals surface area contributed by atoms with Crippen molar-refractivity contribution < 1.29 is 43.2 Å². The molecule has 3 aliphatic rings. The van der Waals surface area contributed by atoms with Crippen molar-refractivity contribution in [3.8, 4) is 0 Å². The summed E-state index contributed by atoms with van der Waals surface area (Å²) in [4.78, 5) is 128. The minimum absolute atomic E-state index is 0.106. The van der Waals surface area contributed by atoms with Crippen molar-refractivity contribution in [2.45, 2.75) is 107 Å². The lowest BCUT2D eigenvalue weighted by Gasteiger charge is -2.32. The molecule has 2 aromatic rings. The fraction of sp³-hybridized carbons (Fsp3) is 0.564. The molecule has 1 unspecified atom stereocenters. The van der Waals surface area contributed by atoms with Gasteiger partial charge in [-0.2, -0.15) is 0 Å². The molecule has 1 saturated heterocycles. The summed E-state index contributed by atoms with van der Waals surface area (Å²) in [5.41, 5.74) is 6.78. The standard InChI is InChI=1S/C39H54N10O9S/c1-5-19(3)31-36(56)42-16-29(51)43-26-18-59-38-22(21-10-7-8-11-23(21)46-38)14-24(33(53)41-17-30(52)47-31)44-37(57)32(20(4)6-2)48-35(55)27-12-9-13-49(27)39(58)25(15-28(40)50)45-34(26)54/h7-8,10-11,19-20,24-27,31-32,46H,5-6,9,12-18H2,1-4H3,(H2,40,50)(H,41,53)(H,42,56)(H,43,51)(H,44,57)(H,45,54)(H,47,52)(H,48,55)/t19-,20-,24-,25-,26-,27+,31?,32-/m0/s1. The van der Waals surface area contributed by atoms with Crippen LogP contribution in [0.2, 0.25) is 0 Å². The number of thioether (sulfide) groups is 1. The molecule has 0 aliphatic carbocycles. The Kier molecular flexibility index (Phi) is 15.0. The minimum atomic E-state index is -1.52. The van der Waals surface area contributed by atoms with Gasteiger partial charge in [0.05, 0.1) is 24.5 Å². The van der Waals surface area contributed by atoms with Gasteiger partial charge in [0.25, 0.3) is 0 Å². The second-order valence-corrected chi connectivity index (χ2v) is 16.4. The maximum atomic E-state index is 14.3. The van der Waals surface area contributed by atoms with Crippen LogP contribution in [0.25, 0.3) is 10.9 Å². The maximum absolute atomic E-state index is 14.3. The van der Waals surface area contributed by atoms with E-state index < -0.39 is 121 Å². The molecule has 20 heteroatoms. The molecule has 5 rings (SSSR count). The summed E-state index contributed by atoms with van der Waals surface area (Å²) in [6, 6.07) is -0.329. The van der Waals surface area contributed by atoms with Gasteiger partial charge in [0.1, 0.15) is 36.3 Å². The summed E-state index contributed by atoms with van der Waals surface area (Å²) in [5, 5.41) is 19.7. The number of rotatable bonds is 6. The number of hydrogen-bond acceptors (Lipinski definition) is 10. The number of amides is 9. The number of carbonyl (C=O) groups is 9. The molecule has 2 bridgehead atoms. The number of nitrogens with zero attached hydrogens (tertiary/aromatic N) is 1. The number of H-pyrrole nitrogens is 1. The van der Waals surface area contributed by atoms with Crippen LogP contribution in [0, 0.1) is 11.8 Å². The molecule has 4 heterocycles. The van der Waals surface area contributed by atoms with Gasteiger partial charge in [0, 0.05) is 29.6 Å². The second-order valence-electron chi connectivity index (χ2n) is 15.3. The summed E-state index contributed by atoms with van der Waals surface area (Å²) in [5.74, 6) is -7.70. The van der Waals surface area contributed by atoms with Crippen LogP contribution in [0.5, 0.6) is 0 Å². The summed E-state index contributed by atoms with van der Waals surface area (Å²) in [6.45, 7) is 6.10. The highest BCUT2D eigenvalue weighted by atomic mass is 32.2. The minimum Gasteiger partial charge on any atom is -0.370 e. The van der Waals surface area contributed by atoms with Crippen molar-refractivity contribution in [1.29, 1.82) is 0 Å². The maximum Gasteiger partial charge on any atom is 0.246 e. The van der Waals surface area contributed by atoms with Crippen LogP contribution >= 0.6 is 11.8 Å². The number of nitrogens with two attached hydrogens (primary N) is 1. The number of carbonyl (C=O) groups excluding carboxylic acids is 9. The highest BCUT2D eigenvalue weighted by molar-refractivity contribution is 7.99. The van der Waals surface area contributed by atoms with Crippen LogP contribution in [0.4, 0.5) is 0 Å². The van der Waals surface area contributed by atoms with Gasteiger partial charge in [-0.1, -0.05) is 58.7 Å². The molecule has 0 saturated carbocycles. The first kappa shape index (κ1) is 44.4. The van der Waals surface area contributed by atoms with Gasteiger partial charge >= 0.3 is 0 Å². The predicted octanol–water partition coefficient (Wildman–Crippen LogP) is -1.56. The van der Waals surface area contributed by atoms with Crippen molar-refractivity contribution >= 4 is 75.8 Å². The fourth-order valence-electron chi connectivity index (χ4n) is 7.39. The predicted molar refractivity (Wildman–Crippen MR) is 216 cm³/mol. The third kappa shape index (κ3) is 10.9. The molecule has 19 nitrogen and oxygen atoms in total. The molecule has 59 heavy (non-hydrogen) atoms. The number of aromatic nitrogens is 1. The topological polar surface area (TPSA) is 283 Å². The van der Waals surface area contributed by atoms with E-state index in [1.165, 1.54) is 4.90 Å². The molecule has 10 N–H and O–H groups in total. The van der Waals surface area contributed by atoms with E-state index in [0.29, 0.717) is 40.8 Å². The molecular weight excluding hydrogens is 785 g/mol. The first-order valence-corrected chi connectivity index (χ1v) is 21.0. The van der Waals surface area contributed by atoms with Gasteiger partial charge in [-0.05, 0) is 36.3 Å².